The van der Waals surface area contributed by atoms with Crippen molar-refractivity contribution in [3.63, 3.8) is 0 Å². The standard InChI is InChI=1S/C22H21F3N4O3/c23-22(24,25)18-10-19(30)27-15-7-3-4-8-16(15)29(18)20(31)12-28-11-14-6-2-1-5-13(14)9-17(28)21(26)32/h1-8,17-18H,9-12H2,(H2,26,32)(H,27,30)/t17-,18+/m0/s1. The quantitative estimate of drug-likeness (QED) is 0.756. The van der Waals surface area contributed by atoms with E-state index in [1.165, 1.54) is 23.1 Å². The number of halogens is 3. The van der Waals surface area contributed by atoms with E-state index in [2.05, 4.69) is 5.32 Å². The molecule has 0 fully saturated rings. The normalized spacial score (nSPS) is 21.2. The van der Waals surface area contributed by atoms with Gasteiger partial charge < -0.3 is 11.1 Å². The summed E-state index contributed by atoms with van der Waals surface area (Å²) in [5.41, 5.74) is 7.40. The molecule has 0 radical (unpaired) electrons. The molecular formula is C22H21F3N4O3. The predicted octanol–water partition coefficient (Wildman–Crippen LogP) is 2.20. The minimum atomic E-state index is -4.83. The molecule has 3 amide bonds. The highest BCUT2D eigenvalue weighted by atomic mass is 19.4. The monoisotopic (exact) mass is 446 g/mol. The summed E-state index contributed by atoms with van der Waals surface area (Å²) in [5.74, 6) is -2.37. The zero-order valence-electron chi connectivity index (χ0n) is 16.9. The van der Waals surface area contributed by atoms with Gasteiger partial charge in [-0.15, -0.1) is 0 Å². The number of primary amides is 1. The highest BCUT2D eigenvalue weighted by Crippen LogP contribution is 2.38. The zero-order chi connectivity index (χ0) is 23.0. The smallest absolute Gasteiger partial charge is 0.368 e. The summed E-state index contributed by atoms with van der Waals surface area (Å²) >= 11 is 0. The average Bonchev–Trinajstić information content (AvgIpc) is 2.88. The van der Waals surface area contributed by atoms with Crippen molar-refractivity contribution in [1.82, 2.24) is 4.90 Å². The number of alkyl halides is 3. The summed E-state index contributed by atoms with van der Waals surface area (Å²) in [6, 6.07) is 10.0. The number of hydrogen-bond acceptors (Lipinski definition) is 4. The Morgan fingerprint density at radius 3 is 2.38 bits per heavy atom. The summed E-state index contributed by atoms with van der Waals surface area (Å²) in [7, 11) is 0. The molecule has 2 aliphatic heterocycles. The van der Waals surface area contributed by atoms with E-state index in [1.807, 2.05) is 24.3 Å². The lowest BCUT2D eigenvalue weighted by Crippen LogP contribution is -2.56. The maximum atomic E-state index is 13.9. The van der Waals surface area contributed by atoms with Crippen molar-refractivity contribution in [2.75, 3.05) is 16.8 Å². The van der Waals surface area contributed by atoms with Gasteiger partial charge in [-0.25, -0.2) is 0 Å². The number of rotatable bonds is 3. The molecule has 2 atom stereocenters. The van der Waals surface area contributed by atoms with Crippen LogP contribution in [0.4, 0.5) is 24.5 Å². The number of para-hydroxylation sites is 2. The molecule has 10 heteroatoms. The van der Waals surface area contributed by atoms with Gasteiger partial charge in [0, 0.05) is 6.54 Å². The van der Waals surface area contributed by atoms with Gasteiger partial charge in [0.25, 0.3) is 0 Å². The molecule has 2 aliphatic rings. The third kappa shape index (κ3) is 4.18. The first kappa shape index (κ1) is 21.8. The van der Waals surface area contributed by atoms with Gasteiger partial charge in [0.15, 0.2) is 0 Å². The Morgan fingerprint density at radius 2 is 1.69 bits per heavy atom. The van der Waals surface area contributed by atoms with E-state index < -0.39 is 48.9 Å². The van der Waals surface area contributed by atoms with Crippen molar-refractivity contribution in [1.29, 1.82) is 0 Å². The maximum Gasteiger partial charge on any atom is 0.409 e. The van der Waals surface area contributed by atoms with Crippen LogP contribution in [0.5, 0.6) is 0 Å². The molecule has 168 valence electrons. The minimum Gasteiger partial charge on any atom is -0.368 e. The molecule has 2 aromatic carbocycles. The fourth-order valence-electron chi connectivity index (χ4n) is 4.27. The Kier molecular flexibility index (Phi) is 5.64. The molecule has 2 aromatic rings. The molecular weight excluding hydrogens is 425 g/mol. The van der Waals surface area contributed by atoms with E-state index in [1.54, 1.807) is 6.07 Å². The summed E-state index contributed by atoms with van der Waals surface area (Å²) in [5, 5.41) is 2.43. The van der Waals surface area contributed by atoms with Crippen LogP contribution in [0.25, 0.3) is 0 Å². The number of nitrogens with one attached hydrogen (secondary N) is 1. The molecule has 0 spiro atoms. The first-order chi connectivity index (χ1) is 15.1. The maximum absolute atomic E-state index is 13.9. The van der Waals surface area contributed by atoms with Crippen LogP contribution >= 0.6 is 0 Å². The predicted molar refractivity (Wildman–Crippen MR) is 111 cm³/mol. The lowest BCUT2D eigenvalue weighted by atomic mass is 9.93. The number of fused-ring (bicyclic) bond motifs is 2. The Balaban J connectivity index is 1.70. The van der Waals surface area contributed by atoms with E-state index in [9.17, 15) is 27.6 Å². The molecule has 0 aliphatic carbocycles. The molecule has 0 saturated carbocycles. The summed E-state index contributed by atoms with van der Waals surface area (Å²) in [4.78, 5) is 39.6. The van der Waals surface area contributed by atoms with Crippen LogP contribution in [0, 0.1) is 0 Å². The van der Waals surface area contributed by atoms with Crippen molar-refractivity contribution in [2.45, 2.75) is 37.6 Å². The fourth-order valence-corrected chi connectivity index (χ4v) is 4.27. The molecule has 0 aromatic heterocycles. The SMILES string of the molecule is NC(=O)[C@@H]1Cc2ccccc2CN1CC(=O)N1c2ccccc2NC(=O)C[C@@H]1C(F)(F)F. The lowest BCUT2D eigenvalue weighted by molar-refractivity contribution is -0.158. The Hall–Kier alpha value is -3.40. The van der Waals surface area contributed by atoms with Gasteiger partial charge in [0.1, 0.15) is 6.04 Å². The summed E-state index contributed by atoms with van der Waals surface area (Å²) < 4.78 is 41.8. The van der Waals surface area contributed by atoms with Gasteiger partial charge in [-0.3, -0.25) is 24.2 Å². The van der Waals surface area contributed by atoms with Crippen LogP contribution in [0.15, 0.2) is 48.5 Å². The van der Waals surface area contributed by atoms with Gasteiger partial charge >= 0.3 is 6.18 Å². The molecule has 2 heterocycles. The van der Waals surface area contributed by atoms with E-state index in [4.69, 9.17) is 5.73 Å². The van der Waals surface area contributed by atoms with Crippen molar-refractivity contribution in [3.05, 3.63) is 59.7 Å². The summed E-state index contributed by atoms with van der Waals surface area (Å²) in [6.07, 6.45) is -5.49. The highest BCUT2D eigenvalue weighted by molar-refractivity contribution is 6.05. The number of benzene rings is 2. The number of carbonyl (C=O) groups is 3. The Bertz CT molecular complexity index is 1070. The van der Waals surface area contributed by atoms with Crippen molar-refractivity contribution < 1.29 is 27.6 Å². The van der Waals surface area contributed by atoms with Crippen LogP contribution in [0.1, 0.15) is 17.5 Å². The molecule has 7 nitrogen and oxygen atoms in total. The van der Waals surface area contributed by atoms with Crippen molar-refractivity contribution >= 4 is 29.1 Å². The van der Waals surface area contributed by atoms with E-state index >= 15 is 0 Å². The van der Waals surface area contributed by atoms with Gasteiger partial charge in [0.05, 0.1) is 30.4 Å². The van der Waals surface area contributed by atoms with Crippen molar-refractivity contribution in [2.24, 2.45) is 5.73 Å². The topological polar surface area (TPSA) is 95.7 Å². The first-order valence-electron chi connectivity index (χ1n) is 10.0. The second-order valence-electron chi connectivity index (χ2n) is 7.89. The molecule has 32 heavy (non-hydrogen) atoms. The highest BCUT2D eigenvalue weighted by Gasteiger charge is 2.49. The summed E-state index contributed by atoms with van der Waals surface area (Å²) in [6.45, 7) is -0.268. The van der Waals surface area contributed by atoms with E-state index in [-0.39, 0.29) is 24.3 Å². The number of nitrogens with two attached hydrogens (primary N) is 1. The van der Waals surface area contributed by atoms with Gasteiger partial charge in [0.2, 0.25) is 17.7 Å². The lowest BCUT2D eigenvalue weighted by Gasteiger charge is -2.37. The molecule has 3 N–H and O–H groups in total. The second-order valence-corrected chi connectivity index (χ2v) is 7.89. The third-order valence-electron chi connectivity index (χ3n) is 5.79. The number of amides is 3. The number of anilines is 2. The fraction of sp³-hybridized carbons (Fsp3) is 0.318. The third-order valence-corrected chi connectivity index (χ3v) is 5.79. The molecule has 4 rings (SSSR count). The van der Waals surface area contributed by atoms with Crippen LogP contribution < -0.4 is 16.0 Å². The van der Waals surface area contributed by atoms with Crippen LogP contribution in [0.3, 0.4) is 0 Å². The molecule has 0 unspecified atom stereocenters. The zero-order valence-corrected chi connectivity index (χ0v) is 16.9. The molecule has 0 saturated heterocycles. The average molecular weight is 446 g/mol. The largest absolute Gasteiger partial charge is 0.409 e. The van der Waals surface area contributed by atoms with Crippen LogP contribution in [-0.4, -0.2) is 47.4 Å². The van der Waals surface area contributed by atoms with E-state index in [0.717, 1.165) is 11.1 Å². The van der Waals surface area contributed by atoms with Gasteiger partial charge in [-0.2, -0.15) is 13.2 Å². The van der Waals surface area contributed by atoms with Crippen LogP contribution in [0.2, 0.25) is 0 Å². The van der Waals surface area contributed by atoms with Crippen molar-refractivity contribution in [3.8, 4) is 0 Å². The Labute approximate surface area is 182 Å². The number of hydrogen-bond donors (Lipinski definition) is 2. The Morgan fingerprint density at radius 1 is 1.03 bits per heavy atom. The van der Waals surface area contributed by atoms with Gasteiger partial charge in [-0.05, 0) is 29.7 Å². The number of nitrogens with zero attached hydrogens (tertiary/aromatic N) is 2. The first-order valence-corrected chi connectivity index (χ1v) is 10.0. The van der Waals surface area contributed by atoms with Crippen LogP contribution in [-0.2, 0) is 27.3 Å². The van der Waals surface area contributed by atoms with E-state index in [0.29, 0.717) is 4.90 Å². The van der Waals surface area contributed by atoms with Gasteiger partial charge in [-0.1, -0.05) is 36.4 Å². The minimum absolute atomic E-state index is 0.0429. The molecule has 0 bridgehead atoms. The second kappa shape index (κ2) is 8.27. The number of carbonyl (C=O) groups excluding carboxylic acids is 3.